The van der Waals surface area contributed by atoms with E-state index >= 15 is 0 Å². The largest absolute Gasteiger partial charge is 0.493 e. The van der Waals surface area contributed by atoms with E-state index in [1.165, 1.54) is 23.9 Å². The number of amides is 1. The zero-order valence-electron chi connectivity index (χ0n) is 20.5. The molecule has 11 heteroatoms. The number of nitrogens with zero attached hydrogens (tertiary/aromatic N) is 3. The minimum atomic E-state index is -0.500. The molecule has 2 aromatic carbocycles. The minimum absolute atomic E-state index is 0.0302. The summed E-state index contributed by atoms with van der Waals surface area (Å²) < 4.78 is 22.4. The second-order valence-corrected chi connectivity index (χ2v) is 9.37. The Kier molecular flexibility index (Phi) is 9.21. The molecule has 0 aromatic heterocycles. The van der Waals surface area contributed by atoms with Gasteiger partial charge in [0.15, 0.2) is 17.3 Å². The molecule has 0 radical (unpaired) electrons. The molecule has 9 nitrogen and oxygen atoms in total. The highest BCUT2D eigenvalue weighted by Crippen LogP contribution is 2.37. The molecule has 0 aliphatic carbocycles. The van der Waals surface area contributed by atoms with E-state index < -0.39 is 5.91 Å². The maximum atomic E-state index is 12.7. The van der Waals surface area contributed by atoms with Crippen molar-refractivity contribution in [1.82, 2.24) is 5.01 Å². The summed E-state index contributed by atoms with van der Waals surface area (Å²) in [6.45, 7) is 3.48. The molecular formula is C26H27ClN4O5S. The van der Waals surface area contributed by atoms with Crippen LogP contribution in [0.4, 0.5) is 0 Å². The van der Waals surface area contributed by atoms with Crippen molar-refractivity contribution in [2.24, 2.45) is 10.1 Å². The Balaban J connectivity index is 1.36. The normalized spacial score (nSPS) is 16.0. The zero-order valence-corrected chi connectivity index (χ0v) is 22.1. The molecule has 4 rings (SSSR count). The van der Waals surface area contributed by atoms with Gasteiger partial charge >= 0.3 is 0 Å². The molecule has 37 heavy (non-hydrogen) atoms. The number of aliphatic imine (C=N–C) groups is 1. The summed E-state index contributed by atoms with van der Waals surface area (Å²) in [6.07, 6.45) is 3.23. The Morgan fingerprint density at radius 2 is 1.86 bits per heavy atom. The average molecular weight is 543 g/mol. The number of hydrazone groups is 1. The fourth-order valence-electron chi connectivity index (χ4n) is 3.52. The Hall–Kier alpha value is -3.34. The molecule has 0 unspecified atom stereocenters. The maximum Gasteiger partial charge on any atom is 0.283 e. The third kappa shape index (κ3) is 6.71. The van der Waals surface area contributed by atoms with Gasteiger partial charge in [-0.3, -0.25) is 10.2 Å². The van der Waals surface area contributed by atoms with Crippen molar-refractivity contribution in [1.29, 1.82) is 5.41 Å². The van der Waals surface area contributed by atoms with Crippen LogP contribution in [0.25, 0.3) is 6.08 Å². The lowest BCUT2D eigenvalue weighted by molar-refractivity contribution is -0.114. The summed E-state index contributed by atoms with van der Waals surface area (Å²) in [7, 11) is 1.50. The third-order valence-electron chi connectivity index (χ3n) is 5.24. The molecule has 0 fully saturated rings. The Bertz CT molecular complexity index is 1250. The lowest BCUT2D eigenvalue weighted by atomic mass is 10.1. The highest BCUT2D eigenvalue weighted by molar-refractivity contribution is 8.26. The van der Waals surface area contributed by atoms with Crippen LogP contribution in [0.1, 0.15) is 25.3 Å². The van der Waals surface area contributed by atoms with Crippen LogP contribution in [0.2, 0.25) is 5.02 Å². The second-order valence-electron chi connectivity index (χ2n) is 7.92. The number of carbonyl (C=O) groups is 1. The first-order valence-electron chi connectivity index (χ1n) is 11.7. The third-order valence-corrected chi connectivity index (χ3v) is 6.49. The van der Waals surface area contributed by atoms with Gasteiger partial charge < -0.3 is 18.9 Å². The van der Waals surface area contributed by atoms with Crippen LogP contribution in [-0.4, -0.2) is 60.5 Å². The van der Waals surface area contributed by atoms with Gasteiger partial charge in [-0.2, -0.15) is 15.1 Å². The zero-order chi connectivity index (χ0) is 26.2. The van der Waals surface area contributed by atoms with Crippen molar-refractivity contribution >= 4 is 51.4 Å². The van der Waals surface area contributed by atoms with Crippen molar-refractivity contribution < 1.29 is 23.7 Å². The van der Waals surface area contributed by atoms with E-state index in [0.717, 1.165) is 23.6 Å². The number of ether oxygens (including phenoxy) is 4. The Morgan fingerprint density at radius 1 is 1.11 bits per heavy atom. The van der Waals surface area contributed by atoms with Gasteiger partial charge in [0.1, 0.15) is 24.0 Å². The summed E-state index contributed by atoms with van der Waals surface area (Å²) in [6, 6.07) is 12.9. The number of hydrogen-bond acceptors (Lipinski definition) is 8. The van der Waals surface area contributed by atoms with Gasteiger partial charge in [0.2, 0.25) is 5.17 Å². The van der Waals surface area contributed by atoms with Gasteiger partial charge in [-0.05, 0) is 60.5 Å². The number of hydrogen-bond donors (Lipinski definition) is 1. The minimum Gasteiger partial charge on any atom is -0.493 e. The van der Waals surface area contributed by atoms with Gasteiger partial charge in [0.25, 0.3) is 5.91 Å². The van der Waals surface area contributed by atoms with Crippen LogP contribution in [0.15, 0.2) is 58.1 Å². The summed E-state index contributed by atoms with van der Waals surface area (Å²) in [5.74, 6) is 1.02. The van der Waals surface area contributed by atoms with Crippen molar-refractivity contribution in [3.8, 4) is 17.2 Å². The van der Waals surface area contributed by atoms with Crippen molar-refractivity contribution in [3.63, 3.8) is 0 Å². The van der Waals surface area contributed by atoms with Crippen molar-refractivity contribution in [2.75, 3.05) is 33.5 Å². The molecule has 0 atom stereocenters. The van der Waals surface area contributed by atoms with E-state index in [9.17, 15) is 4.79 Å². The van der Waals surface area contributed by atoms with Crippen molar-refractivity contribution in [3.05, 3.63) is 58.6 Å². The molecule has 1 amide bonds. The predicted molar refractivity (Wildman–Crippen MR) is 146 cm³/mol. The molecule has 0 spiro atoms. The molecule has 0 bridgehead atoms. The number of rotatable bonds is 12. The van der Waals surface area contributed by atoms with E-state index in [4.69, 9.17) is 36.0 Å². The number of para-hydroxylation sites is 1. The van der Waals surface area contributed by atoms with Crippen LogP contribution in [0.3, 0.4) is 0 Å². The molecule has 194 valence electrons. The van der Waals surface area contributed by atoms with Crippen LogP contribution in [0.5, 0.6) is 17.2 Å². The average Bonchev–Trinajstić information content (AvgIpc) is 3.30. The van der Waals surface area contributed by atoms with Gasteiger partial charge in [0.05, 0.1) is 30.9 Å². The number of amidine groups is 2. The topological polar surface area (TPSA) is 106 Å². The first-order valence-corrected chi connectivity index (χ1v) is 12.9. The maximum absolute atomic E-state index is 12.7. The van der Waals surface area contributed by atoms with E-state index in [1.807, 2.05) is 37.3 Å². The first kappa shape index (κ1) is 26.7. The number of carbonyl (C=O) groups excluding carboxylic acids is 1. The fraction of sp³-hybridized carbons (Fsp3) is 0.308. The number of halogens is 1. The van der Waals surface area contributed by atoms with Crippen molar-refractivity contribution in [2.45, 2.75) is 19.8 Å². The molecule has 2 aliphatic heterocycles. The number of thioether (sulfide) groups is 1. The van der Waals surface area contributed by atoms with E-state index in [0.29, 0.717) is 47.1 Å². The highest BCUT2D eigenvalue weighted by atomic mass is 35.5. The SMILES string of the molecule is CCCC1=NN2C(=N)/C(=C/c3cc(Cl)c(OCCOCCOc4ccccc4)c(OC)c3)C(=O)N=C2S1. The molecule has 0 saturated carbocycles. The fourth-order valence-corrected chi connectivity index (χ4v) is 4.78. The molecule has 1 N–H and O–H groups in total. The van der Waals surface area contributed by atoms with Gasteiger partial charge in [0, 0.05) is 0 Å². The van der Waals surface area contributed by atoms with Crippen LogP contribution in [0, 0.1) is 5.41 Å². The van der Waals surface area contributed by atoms with Crippen LogP contribution >= 0.6 is 23.4 Å². The van der Waals surface area contributed by atoms with Crippen LogP contribution in [-0.2, 0) is 9.53 Å². The summed E-state index contributed by atoms with van der Waals surface area (Å²) in [4.78, 5) is 16.8. The molecule has 2 aliphatic rings. The highest BCUT2D eigenvalue weighted by Gasteiger charge is 2.35. The van der Waals surface area contributed by atoms with Crippen LogP contribution < -0.4 is 14.2 Å². The van der Waals surface area contributed by atoms with E-state index in [-0.39, 0.29) is 18.0 Å². The summed E-state index contributed by atoms with van der Waals surface area (Å²) >= 11 is 7.80. The summed E-state index contributed by atoms with van der Waals surface area (Å²) in [5, 5.41) is 15.9. The second kappa shape index (κ2) is 12.8. The van der Waals surface area contributed by atoms with E-state index in [2.05, 4.69) is 10.1 Å². The molecule has 2 heterocycles. The first-order chi connectivity index (χ1) is 18.0. The summed E-state index contributed by atoms with van der Waals surface area (Å²) in [5.41, 5.74) is 0.684. The van der Waals surface area contributed by atoms with Gasteiger partial charge in [-0.1, -0.05) is 36.7 Å². The van der Waals surface area contributed by atoms with Gasteiger partial charge in [-0.15, -0.1) is 0 Å². The quantitative estimate of drug-likeness (QED) is 0.289. The Labute approximate surface area is 224 Å². The lowest BCUT2D eigenvalue weighted by Crippen LogP contribution is -2.35. The van der Waals surface area contributed by atoms with Gasteiger partial charge in [-0.25, -0.2) is 0 Å². The standard InChI is InChI=1S/C26H27ClN4O5S/c1-3-7-22-30-31-24(28)19(25(32)29-26(31)37-22)14-17-15-20(27)23(21(16-17)33-2)36-13-11-34-10-12-35-18-8-5-4-6-9-18/h4-6,8-9,14-16,28H,3,7,10-13H2,1-2H3/b19-14-,28-24?. The lowest BCUT2D eigenvalue weighted by Gasteiger charge is -2.20. The Morgan fingerprint density at radius 3 is 2.59 bits per heavy atom. The monoisotopic (exact) mass is 542 g/mol. The number of benzene rings is 2. The smallest absolute Gasteiger partial charge is 0.283 e. The predicted octanol–water partition coefficient (Wildman–Crippen LogP) is 5.24. The number of methoxy groups -OCH3 is 1. The number of nitrogens with one attached hydrogen (secondary N) is 1. The number of fused-ring (bicyclic) bond motifs is 1. The molecule has 2 aromatic rings. The van der Waals surface area contributed by atoms with E-state index in [1.54, 1.807) is 18.2 Å². The molecular weight excluding hydrogens is 516 g/mol. The molecule has 0 saturated heterocycles.